The van der Waals surface area contributed by atoms with Gasteiger partial charge in [0.2, 0.25) is 0 Å². The zero-order chi connectivity index (χ0) is 8.69. The number of ether oxygens (including phenoxy) is 1. The van der Waals surface area contributed by atoms with Crippen molar-refractivity contribution >= 4 is 5.97 Å². The number of rotatable bonds is 1. The molecule has 0 aliphatic carbocycles. The van der Waals surface area contributed by atoms with E-state index in [1.54, 1.807) is 0 Å². The lowest BCUT2D eigenvalue weighted by atomic mass is 10.2. The molecule has 0 spiro atoms. The highest BCUT2D eigenvalue weighted by atomic mass is 16.5. The van der Waals surface area contributed by atoms with Gasteiger partial charge in [-0.1, -0.05) is 26.8 Å². The molecule has 2 heteroatoms. The summed E-state index contributed by atoms with van der Waals surface area (Å²) < 4.78 is 4.91. The number of hydrogen-bond donors (Lipinski definition) is 0. The van der Waals surface area contributed by atoms with Gasteiger partial charge in [0.15, 0.2) is 0 Å². The van der Waals surface area contributed by atoms with E-state index in [1.165, 1.54) is 0 Å². The van der Waals surface area contributed by atoms with Crippen LogP contribution in [0.15, 0.2) is 12.2 Å². The molecule has 11 heavy (non-hydrogen) atoms. The van der Waals surface area contributed by atoms with Gasteiger partial charge < -0.3 is 4.74 Å². The van der Waals surface area contributed by atoms with Crippen LogP contribution in [0.4, 0.5) is 0 Å². The average Bonchev–Trinajstić information content (AvgIpc) is 2.08. The fourth-order valence-electron chi connectivity index (χ4n) is 0.792. The largest absolute Gasteiger partial charge is 0.458 e. The van der Waals surface area contributed by atoms with Crippen molar-refractivity contribution in [3.63, 3.8) is 0 Å². The van der Waals surface area contributed by atoms with Gasteiger partial charge in [-0.2, -0.15) is 0 Å². The Balaban J connectivity index is 0.000000461. The summed E-state index contributed by atoms with van der Waals surface area (Å²) in [6.45, 7) is 5.99. The fraction of sp³-hybridized carbons (Fsp3) is 0.667. The van der Waals surface area contributed by atoms with Crippen LogP contribution in [0.5, 0.6) is 0 Å². The van der Waals surface area contributed by atoms with Gasteiger partial charge in [0.05, 0.1) is 6.42 Å². The van der Waals surface area contributed by atoms with Crippen molar-refractivity contribution in [1.82, 2.24) is 0 Å². The van der Waals surface area contributed by atoms with E-state index >= 15 is 0 Å². The van der Waals surface area contributed by atoms with Crippen LogP contribution >= 0.6 is 0 Å². The number of carbonyl (C=O) groups excluding carboxylic acids is 1. The van der Waals surface area contributed by atoms with E-state index in [2.05, 4.69) is 0 Å². The molecule has 0 N–H and O–H groups in total. The molecular weight excluding hydrogens is 140 g/mol. The summed E-state index contributed by atoms with van der Waals surface area (Å²) in [5.41, 5.74) is 0. The lowest BCUT2D eigenvalue weighted by molar-refractivity contribution is -0.146. The van der Waals surface area contributed by atoms with Crippen molar-refractivity contribution in [2.24, 2.45) is 0 Å². The van der Waals surface area contributed by atoms with Crippen molar-refractivity contribution in [3.05, 3.63) is 12.2 Å². The van der Waals surface area contributed by atoms with Crippen molar-refractivity contribution in [2.75, 3.05) is 0 Å². The smallest absolute Gasteiger partial charge is 0.310 e. The Morgan fingerprint density at radius 2 is 2.27 bits per heavy atom. The summed E-state index contributed by atoms with van der Waals surface area (Å²) in [5, 5.41) is 0. The van der Waals surface area contributed by atoms with Crippen LogP contribution < -0.4 is 0 Å². The highest BCUT2D eigenvalue weighted by Crippen LogP contribution is 2.07. The maximum absolute atomic E-state index is 10.6. The van der Waals surface area contributed by atoms with Gasteiger partial charge in [0.1, 0.15) is 6.10 Å². The molecule has 0 radical (unpaired) electrons. The molecular formula is C9H16O2. The second-order valence-corrected chi connectivity index (χ2v) is 2.07. The quantitative estimate of drug-likeness (QED) is 0.430. The van der Waals surface area contributed by atoms with Gasteiger partial charge in [-0.3, -0.25) is 4.79 Å². The third kappa shape index (κ3) is 3.81. The highest BCUT2D eigenvalue weighted by Gasteiger charge is 2.11. The van der Waals surface area contributed by atoms with Crippen LogP contribution in [0.1, 0.15) is 33.6 Å². The lowest BCUT2D eigenvalue weighted by Crippen LogP contribution is -2.17. The Labute approximate surface area is 68.2 Å². The Hall–Kier alpha value is -0.790. The van der Waals surface area contributed by atoms with E-state index < -0.39 is 0 Å². The van der Waals surface area contributed by atoms with Gasteiger partial charge in [-0.05, 0) is 12.5 Å². The highest BCUT2D eigenvalue weighted by molar-refractivity contribution is 5.72. The van der Waals surface area contributed by atoms with Crippen molar-refractivity contribution in [1.29, 1.82) is 0 Å². The topological polar surface area (TPSA) is 26.3 Å². The third-order valence-corrected chi connectivity index (χ3v) is 1.32. The normalized spacial score (nSPS) is 21.7. The summed E-state index contributed by atoms with van der Waals surface area (Å²) in [6.07, 6.45) is 5.14. The molecule has 0 aromatic rings. The van der Waals surface area contributed by atoms with E-state index in [4.69, 9.17) is 4.74 Å². The molecule has 64 valence electrons. The van der Waals surface area contributed by atoms with Crippen molar-refractivity contribution < 1.29 is 9.53 Å². The minimum absolute atomic E-state index is 0.0336. The van der Waals surface area contributed by atoms with Crippen LogP contribution in [0.3, 0.4) is 0 Å². The van der Waals surface area contributed by atoms with Crippen LogP contribution in [0.25, 0.3) is 0 Å². The second kappa shape index (κ2) is 5.96. The number of esters is 1. The molecule has 0 fully saturated rings. The zero-order valence-electron chi connectivity index (χ0n) is 7.46. The molecule has 1 aliphatic heterocycles. The van der Waals surface area contributed by atoms with Gasteiger partial charge in [-0.15, -0.1) is 0 Å². The number of carbonyl (C=O) groups is 1. The average molecular weight is 156 g/mol. The maximum Gasteiger partial charge on any atom is 0.310 e. The van der Waals surface area contributed by atoms with Crippen LogP contribution in [0, 0.1) is 0 Å². The molecule has 2 nitrogen and oxygen atoms in total. The zero-order valence-corrected chi connectivity index (χ0v) is 7.46. The van der Waals surface area contributed by atoms with E-state index in [-0.39, 0.29) is 12.1 Å². The van der Waals surface area contributed by atoms with Crippen LogP contribution in [-0.4, -0.2) is 12.1 Å². The molecule has 1 aliphatic rings. The molecule has 0 saturated carbocycles. The van der Waals surface area contributed by atoms with Gasteiger partial charge in [-0.25, -0.2) is 0 Å². The van der Waals surface area contributed by atoms with E-state index in [0.717, 1.165) is 6.42 Å². The van der Waals surface area contributed by atoms with Crippen molar-refractivity contribution in [2.45, 2.75) is 39.7 Å². The SMILES string of the molecule is CC.CC[C@H]1C=CCC(=O)O1. The molecule has 0 aromatic heterocycles. The van der Waals surface area contributed by atoms with Crippen molar-refractivity contribution in [3.8, 4) is 0 Å². The molecule has 0 aromatic carbocycles. The molecule has 0 bridgehead atoms. The van der Waals surface area contributed by atoms with Crippen LogP contribution in [0.2, 0.25) is 0 Å². The first kappa shape index (κ1) is 10.2. The Bertz CT molecular complexity index is 138. The molecule has 1 rings (SSSR count). The molecule has 1 atom stereocenters. The summed E-state index contributed by atoms with van der Waals surface area (Å²) in [5.74, 6) is -0.107. The predicted molar refractivity (Wildman–Crippen MR) is 45.3 cm³/mol. The van der Waals surface area contributed by atoms with E-state index in [9.17, 15) is 4.79 Å². The monoisotopic (exact) mass is 156 g/mol. The first-order chi connectivity index (χ1) is 5.33. The molecule has 1 heterocycles. The van der Waals surface area contributed by atoms with Gasteiger partial charge in [0, 0.05) is 0 Å². The second-order valence-electron chi connectivity index (χ2n) is 2.07. The van der Waals surface area contributed by atoms with E-state index in [0.29, 0.717) is 6.42 Å². The standard InChI is InChI=1S/C7H10O2.C2H6/c1-2-6-4-3-5-7(8)9-6;1-2/h3-4,6H,2,5H2,1H3;1-2H3/t6-;/m0./s1. The summed E-state index contributed by atoms with van der Waals surface area (Å²) >= 11 is 0. The fourth-order valence-corrected chi connectivity index (χ4v) is 0.792. The summed E-state index contributed by atoms with van der Waals surface area (Å²) in [7, 11) is 0. The minimum Gasteiger partial charge on any atom is -0.458 e. The van der Waals surface area contributed by atoms with Crippen LogP contribution in [-0.2, 0) is 9.53 Å². The molecule has 0 unspecified atom stereocenters. The molecule has 0 amide bonds. The summed E-state index contributed by atoms with van der Waals surface area (Å²) in [6, 6.07) is 0. The van der Waals surface area contributed by atoms with E-state index in [1.807, 2.05) is 32.9 Å². The Kier molecular flexibility index (Phi) is 5.53. The molecule has 0 saturated heterocycles. The maximum atomic E-state index is 10.6. The predicted octanol–water partition coefficient (Wildman–Crippen LogP) is 2.29. The Morgan fingerprint density at radius 1 is 1.64 bits per heavy atom. The first-order valence-electron chi connectivity index (χ1n) is 4.19. The number of cyclic esters (lactones) is 1. The van der Waals surface area contributed by atoms with Gasteiger partial charge >= 0.3 is 5.97 Å². The number of hydrogen-bond acceptors (Lipinski definition) is 2. The Morgan fingerprint density at radius 3 is 2.64 bits per heavy atom. The summed E-state index contributed by atoms with van der Waals surface area (Å²) in [4.78, 5) is 10.6. The first-order valence-corrected chi connectivity index (χ1v) is 4.19. The third-order valence-electron chi connectivity index (χ3n) is 1.32. The minimum atomic E-state index is -0.107. The lowest BCUT2D eigenvalue weighted by Gasteiger charge is -2.14. The van der Waals surface area contributed by atoms with Gasteiger partial charge in [0.25, 0.3) is 0 Å².